The molecule has 1 amide bonds. The third-order valence-corrected chi connectivity index (χ3v) is 4.01. The zero-order chi connectivity index (χ0) is 14.5. The van der Waals surface area contributed by atoms with Crippen LogP contribution >= 0.6 is 11.3 Å². The van der Waals surface area contributed by atoms with Gasteiger partial charge in [0.2, 0.25) is 0 Å². The highest BCUT2D eigenvalue weighted by Crippen LogP contribution is 2.24. The first-order valence-corrected chi connectivity index (χ1v) is 7.19. The van der Waals surface area contributed by atoms with Crippen LogP contribution in [-0.2, 0) is 0 Å². The Kier molecular flexibility index (Phi) is 4.63. The molecule has 0 aliphatic carbocycles. The largest absolute Gasteiger partial charge is 0.492 e. The predicted octanol–water partition coefficient (Wildman–Crippen LogP) is 2.79. The lowest BCUT2D eigenvalue weighted by Gasteiger charge is -2.16. The van der Waals surface area contributed by atoms with E-state index in [1.54, 1.807) is 18.0 Å². The number of likely N-dealkylation sites (N-methyl/N-ethyl adjacent to an activating group) is 1. The van der Waals surface area contributed by atoms with Gasteiger partial charge in [-0.05, 0) is 25.1 Å². The number of amides is 1. The Hall–Kier alpha value is -2.01. The Balaban J connectivity index is 1.85. The molecule has 20 heavy (non-hydrogen) atoms. The molecule has 0 bridgehead atoms. The monoisotopic (exact) mass is 290 g/mol. The maximum Gasteiger partial charge on any atom is 0.263 e. The van der Waals surface area contributed by atoms with Gasteiger partial charge in [-0.2, -0.15) is 0 Å². The molecule has 0 aliphatic rings. The number of nitrogens with zero attached hydrogens (tertiary/aromatic N) is 1. The number of rotatable bonds is 5. The zero-order valence-electron chi connectivity index (χ0n) is 11.6. The maximum absolute atomic E-state index is 12.2. The Bertz CT molecular complexity index is 561. The van der Waals surface area contributed by atoms with Gasteiger partial charge < -0.3 is 15.4 Å². The average Bonchev–Trinajstić information content (AvgIpc) is 2.79. The lowest BCUT2D eigenvalue weighted by Crippen LogP contribution is -2.30. The van der Waals surface area contributed by atoms with E-state index < -0.39 is 0 Å². The number of ether oxygens (including phenoxy) is 1. The van der Waals surface area contributed by atoms with Crippen molar-refractivity contribution in [1.82, 2.24) is 4.90 Å². The summed E-state index contributed by atoms with van der Waals surface area (Å²) in [5, 5.41) is 0. The van der Waals surface area contributed by atoms with Gasteiger partial charge in [0.1, 0.15) is 12.4 Å². The molecule has 0 aliphatic heterocycles. The summed E-state index contributed by atoms with van der Waals surface area (Å²) >= 11 is 1.42. The van der Waals surface area contributed by atoms with E-state index in [9.17, 15) is 4.79 Å². The Labute approximate surface area is 122 Å². The normalized spacial score (nSPS) is 10.3. The van der Waals surface area contributed by atoms with E-state index >= 15 is 0 Å². The van der Waals surface area contributed by atoms with Crippen molar-refractivity contribution in [3.8, 4) is 5.75 Å². The van der Waals surface area contributed by atoms with Gasteiger partial charge in [-0.15, -0.1) is 11.3 Å². The summed E-state index contributed by atoms with van der Waals surface area (Å²) in [5.74, 6) is 0.788. The molecule has 2 rings (SSSR count). The van der Waals surface area contributed by atoms with Crippen LogP contribution in [0.1, 0.15) is 14.5 Å². The van der Waals surface area contributed by atoms with Crippen molar-refractivity contribution in [2.75, 3.05) is 25.9 Å². The van der Waals surface area contributed by atoms with E-state index in [0.29, 0.717) is 23.7 Å². The van der Waals surface area contributed by atoms with Gasteiger partial charge in [0.25, 0.3) is 5.91 Å². The summed E-state index contributed by atoms with van der Waals surface area (Å²) in [7, 11) is 1.77. The Morgan fingerprint density at radius 2 is 2.05 bits per heavy atom. The van der Waals surface area contributed by atoms with Crippen molar-refractivity contribution in [2.45, 2.75) is 6.92 Å². The number of para-hydroxylation sites is 1. The van der Waals surface area contributed by atoms with Crippen LogP contribution in [0.4, 0.5) is 5.69 Å². The first-order valence-electron chi connectivity index (χ1n) is 6.37. The molecule has 2 N–H and O–H groups in total. The van der Waals surface area contributed by atoms with Gasteiger partial charge in [-0.1, -0.05) is 18.2 Å². The Morgan fingerprint density at radius 1 is 1.35 bits per heavy atom. The SMILES string of the molecule is Cc1sc(C(=O)N(C)CCOc2ccccc2)cc1N. The number of carbonyl (C=O) groups excluding carboxylic acids is 1. The van der Waals surface area contributed by atoms with Gasteiger partial charge in [-0.3, -0.25) is 4.79 Å². The fourth-order valence-corrected chi connectivity index (χ4v) is 2.64. The molecule has 1 heterocycles. The van der Waals surface area contributed by atoms with E-state index in [4.69, 9.17) is 10.5 Å². The van der Waals surface area contributed by atoms with E-state index in [2.05, 4.69) is 0 Å². The molecule has 0 atom stereocenters. The molecule has 0 spiro atoms. The highest BCUT2D eigenvalue weighted by molar-refractivity contribution is 7.14. The lowest BCUT2D eigenvalue weighted by molar-refractivity contribution is 0.0778. The molecule has 1 aromatic carbocycles. The van der Waals surface area contributed by atoms with Crippen molar-refractivity contribution < 1.29 is 9.53 Å². The summed E-state index contributed by atoms with van der Waals surface area (Å²) < 4.78 is 5.58. The molecule has 0 unspecified atom stereocenters. The smallest absolute Gasteiger partial charge is 0.263 e. The van der Waals surface area contributed by atoms with Crippen molar-refractivity contribution in [1.29, 1.82) is 0 Å². The summed E-state index contributed by atoms with van der Waals surface area (Å²) in [4.78, 5) is 15.5. The van der Waals surface area contributed by atoms with Crippen LogP contribution in [0, 0.1) is 6.92 Å². The molecule has 0 saturated heterocycles. The fourth-order valence-electron chi connectivity index (χ4n) is 1.71. The second kappa shape index (κ2) is 6.43. The molecule has 0 fully saturated rings. The molecule has 106 valence electrons. The summed E-state index contributed by atoms with van der Waals surface area (Å²) in [6.45, 7) is 2.91. The number of aryl methyl sites for hydroxylation is 1. The maximum atomic E-state index is 12.2. The second-order valence-corrected chi connectivity index (χ2v) is 5.77. The molecule has 5 heteroatoms. The van der Waals surface area contributed by atoms with Crippen LogP contribution in [0.15, 0.2) is 36.4 Å². The first-order chi connectivity index (χ1) is 9.58. The number of hydrogen-bond donors (Lipinski definition) is 1. The third-order valence-electron chi connectivity index (χ3n) is 2.95. The van der Waals surface area contributed by atoms with Crippen molar-refractivity contribution in [2.24, 2.45) is 0 Å². The molecule has 4 nitrogen and oxygen atoms in total. The van der Waals surface area contributed by atoms with Crippen molar-refractivity contribution in [3.05, 3.63) is 46.2 Å². The zero-order valence-corrected chi connectivity index (χ0v) is 12.4. The predicted molar refractivity (Wildman–Crippen MR) is 82.4 cm³/mol. The van der Waals surface area contributed by atoms with Crippen molar-refractivity contribution in [3.63, 3.8) is 0 Å². The van der Waals surface area contributed by atoms with Crippen molar-refractivity contribution >= 4 is 22.9 Å². The van der Waals surface area contributed by atoms with Crippen LogP contribution in [0.5, 0.6) is 5.75 Å². The van der Waals surface area contributed by atoms with Gasteiger partial charge in [0.15, 0.2) is 0 Å². The molecule has 0 saturated carbocycles. The molecular weight excluding hydrogens is 272 g/mol. The quantitative estimate of drug-likeness (QED) is 0.921. The number of benzene rings is 1. The number of anilines is 1. The highest BCUT2D eigenvalue weighted by atomic mass is 32.1. The highest BCUT2D eigenvalue weighted by Gasteiger charge is 2.15. The summed E-state index contributed by atoms with van der Waals surface area (Å²) in [6, 6.07) is 11.3. The minimum absolute atomic E-state index is 0.0218. The molecule has 2 aromatic rings. The molecular formula is C15H18N2O2S. The summed E-state index contributed by atoms with van der Waals surface area (Å²) in [5.41, 5.74) is 6.44. The Morgan fingerprint density at radius 3 is 2.65 bits per heavy atom. The van der Waals surface area contributed by atoms with Gasteiger partial charge in [-0.25, -0.2) is 0 Å². The molecule has 0 radical (unpaired) electrons. The number of thiophene rings is 1. The summed E-state index contributed by atoms with van der Waals surface area (Å²) in [6.07, 6.45) is 0. The van der Waals surface area contributed by atoms with Crippen LogP contribution in [0.25, 0.3) is 0 Å². The lowest BCUT2D eigenvalue weighted by atomic mass is 10.3. The van der Waals surface area contributed by atoms with E-state index in [-0.39, 0.29) is 5.91 Å². The number of hydrogen-bond acceptors (Lipinski definition) is 4. The van der Waals surface area contributed by atoms with E-state index in [1.807, 2.05) is 37.3 Å². The second-order valence-electron chi connectivity index (χ2n) is 4.51. The van der Waals surface area contributed by atoms with Crippen LogP contribution in [0.3, 0.4) is 0 Å². The first kappa shape index (κ1) is 14.4. The topological polar surface area (TPSA) is 55.6 Å². The standard InChI is InChI=1S/C15H18N2O2S/c1-11-13(16)10-14(20-11)15(18)17(2)8-9-19-12-6-4-3-5-7-12/h3-7,10H,8-9,16H2,1-2H3. The minimum Gasteiger partial charge on any atom is -0.492 e. The minimum atomic E-state index is -0.0218. The van der Waals surface area contributed by atoms with Gasteiger partial charge >= 0.3 is 0 Å². The average molecular weight is 290 g/mol. The van der Waals surface area contributed by atoms with Crippen LogP contribution < -0.4 is 10.5 Å². The molecule has 1 aromatic heterocycles. The van der Waals surface area contributed by atoms with E-state index in [0.717, 1.165) is 10.6 Å². The number of nitrogens with two attached hydrogens (primary N) is 1. The third kappa shape index (κ3) is 3.51. The van der Waals surface area contributed by atoms with Gasteiger partial charge in [0, 0.05) is 17.6 Å². The van der Waals surface area contributed by atoms with Gasteiger partial charge in [0.05, 0.1) is 11.4 Å². The van der Waals surface area contributed by atoms with Crippen LogP contribution in [-0.4, -0.2) is 31.0 Å². The fraction of sp³-hybridized carbons (Fsp3) is 0.267. The van der Waals surface area contributed by atoms with Crippen LogP contribution in [0.2, 0.25) is 0 Å². The number of carbonyl (C=O) groups is 1. The number of nitrogen functional groups attached to an aromatic ring is 1. The van der Waals surface area contributed by atoms with E-state index in [1.165, 1.54) is 11.3 Å².